The molecule has 1 aliphatic carbocycles. The molecule has 0 amide bonds. The van der Waals surface area contributed by atoms with Gasteiger partial charge in [0, 0.05) is 5.54 Å². The first-order valence-electron chi connectivity index (χ1n) is 7.25. The number of halogens is 2. The van der Waals surface area contributed by atoms with Crippen LogP contribution in [0.25, 0.3) is 0 Å². The molecule has 0 atom stereocenters. The molecule has 0 bridgehead atoms. The summed E-state index contributed by atoms with van der Waals surface area (Å²) >= 11 is 5.71. The molecule has 1 aromatic carbocycles. The van der Waals surface area contributed by atoms with Crippen molar-refractivity contribution in [2.75, 3.05) is 0 Å². The van der Waals surface area contributed by atoms with Crippen molar-refractivity contribution >= 4 is 11.6 Å². The number of hydrogen-bond donors (Lipinski definition) is 1. The van der Waals surface area contributed by atoms with E-state index in [4.69, 9.17) is 17.3 Å². The Morgan fingerprint density at radius 2 is 2.05 bits per heavy atom. The van der Waals surface area contributed by atoms with E-state index in [2.05, 4.69) is 6.92 Å². The smallest absolute Gasteiger partial charge is 0.142 e. The van der Waals surface area contributed by atoms with Gasteiger partial charge in [-0.1, -0.05) is 37.4 Å². The van der Waals surface area contributed by atoms with Crippen molar-refractivity contribution in [1.82, 2.24) is 0 Å². The Morgan fingerprint density at radius 3 is 2.63 bits per heavy atom. The van der Waals surface area contributed by atoms with Gasteiger partial charge in [-0.2, -0.15) is 0 Å². The van der Waals surface area contributed by atoms with Crippen molar-refractivity contribution < 1.29 is 4.39 Å². The molecule has 1 nitrogen and oxygen atoms in total. The van der Waals surface area contributed by atoms with Crippen molar-refractivity contribution in [2.24, 2.45) is 11.7 Å². The zero-order valence-corrected chi connectivity index (χ0v) is 12.3. The molecule has 1 saturated carbocycles. The molecule has 2 N–H and O–H groups in total. The maximum absolute atomic E-state index is 13.4. The van der Waals surface area contributed by atoms with Crippen LogP contribution in [0, 0.1) is 11.7 Å². The molecule has 3 heteroatoms. The largest absolute Gasteiger partial charge is 0.325 e. The van der Waals surface area contributed by atoms with Gasteiger partial charge in [0.25, 0.3) is 0 Å². The van der Waals surface area contributed by atoms with Crippen LogP contribution in [-0.2, 0) is 6.42 Å². The van der Waals surface area contributed by atoms with Gasteiger partial charge in [-0.3, -0.25) is 0 Å². The minimum atomic E-state index is -0.345. The molecule has 1 aliphatic rings. The van der Waals surface area contributed by atoms with Crippen LogP contribution in [-0.4, -0.2) is 5.54 Å². The molecule has 0 radical (unpaired) electrons. The van der Waals surface area contributed by atoms with Crippen LogP contribution in [0.15, 0.2) is 18.2 Å². The van der Waals surface area contributed by atoms with Gasteiger partial charge in [-0.15, -0.1) is 0 Å². The molecule has 106 valence electrons. The third-order valence-electron chi connectivity index (χ3n) is 4.34. The molecule has 0 aliphatic heterocycles. The van der Waals surface area contributed by atoms with E-state index >= 15 is 0 Å². The zero-order valence-electron chi connectivity index (χ0n) is 11.6. The molecule has 0 spiro atoms. The summed E-state index contributed by atoms with van der Waals surface area (Å²) in [6.07, 6.45) is 7.82. The second-order valence-corrected chi connectivity index (χ2v) is 6.43. The van der Waals surface area contributed by atoms with Crippen LogP contribution in [0.3, 0.4) is 0 Å². The van der Waals surface area contributed by atoms with Crippen LogP contribution in [0.4, 0.5) is 4.39 Å². The van der Waals surface area contributed by atoms with E-state index in [-0.39, 0.29) is 16.4 Å². The topological polar surface area (TPSA) is 26.0 Å². The second kappa shape index (κ2) is 6.23. The van der Waals surface area contributed by atoms with Crippen LogP contribution in [0.5, 0.6) is 0 Å². The van der Waals surface area contributed by atoms with Gasteiger partial charge in [0.05, 0.1) is 5.02 Å². The van der Waals surface area contributed by atoms with Gasteiger partial charge >= 0.3 is 0 Å². The summed E-state index contributed by atoms with van der Waals surface area (Å²) in [7, 11) is 0. The lowest BCUT2D eigenvalue weighted by Gasteiger charge is -2.37. The van der Waals surface area contributed by atoms with E-state index in [9.17, 15) is 4.39 Å². The summed E-state index contributed by atoms with van der Waals surface area (Å²) < 4.78 is 13.4. The molecule has 2 rings (SSSR count). The summed E-state index contributed by atoms with van der Waals surface area (Å²) in [5, 5.41) is 0.182. The minimum Gasteiger partial charge on any atom is -0.325 e. The van der Waals surface area contributed by atoms with Gasteiger partial charge < -0.3 is 5.73 Å². The Morgan fingerprint density at radius 1 is 1.37 bits per heavy atom. The highest BCUT2D eigenvalue weighted by molar-refractivity contribution is 6.30. The highest BCUT2D eigenvalue weighted by atomic mass is 35.5. The first-order chi connectivity index (χ1) is 9.02. The molecule has 0 unspecified atom stereocenters. The summed E-state index contributed by atoms with van der Waals surface area (Å²) in [6.45, 7) is 2.24. The predicted molar refractivity (Wildman–Crippen MR) is 78.9 cm³/mol. The summed E-state index contributed by atoms with van der Waals surface area (Å²) in [6, 6.07) is 5.03. The third-order valence-corrected chi connectivity index (χ3v) is 4.64. The Labute approximate surface area is 120 Å². The van der Waals surface area contributed by atoms with E-state index in [0.29, 0.717) is 0 Å². The van der Waals surface area contributed by atoms with E-state index in [1.54, 1.807) is 6.07 Å². The standard InChI is InChI=1S/C16H23ClFN/c1-2-3-12-6-8-16(19,9-7-12)11-13-4-5-14(17)15(18)10-13/h4-5,10,12H,2-3,6-9,11,19H2,1H3. The average Bonchev–Trinajstić information content (AvgIpc) is 2.37. The van der Waals surface area contributed by atoms with E-state index in [0.717, 1.165) is 30.7 Å². The number of nitrogens with two attached hydrogens (primary N) is 1. The van der Waals surface area contributed by atoms with Crippen molar-refractivity contribution in [2.45, 2.75) is 57.4 Å². The van der Waals surface area contributed by atoms with Crippen molar-refractivity contribution in [3.8, 4) is 0 Å². The van der Waals surface area contributed by atoms with Gasteiger partial charge in [-0.25, -0.2) is 4.39 Å². The quantitative estimate of drug-likeness (QED) is 0.851. The third kappa shape index (κ3) is 3.93. The highest BCUT2D eigenvalue weighted by Gasteiger charge is 2.31. The molecular formula is C16H23ClFN. The minimum absolute atomic E-state index is 0.162. The fourth-order valence-electron chi connectivity index (χ4n) is 3.18. The summed E-state index contributed by atoms with van der Waals surface area (Å²) in [4.78, 5) is 0. The highest BCUT2D eigenvalue weighted by Crippen LogP contribution is 2.35. The van der Waals surface area contributed by atoms with E-state index in [1.807, 2.05) is 6.07 Å². The first-order valence-corrected chi connectivity index (χ1v) is 7.63. The van der Waals surface area contributed by atoms with E-state index < -0.39 is 0 Å². The Balaban J connectivity index is 1.96. The molecule has 0 saturated heterocycles. The fourth-order valence-corrected chi connectivity index (χ4v) is 3.30. The van der Waals surface area contributed by atoms with Gasteiger partial charge in [0.1, 0.15) is 5.82 Å². The molecule has 19 heavy (non-hydrogen) atoms. The van der Waals surface area contributed by atoms with Gasteiger partial charge in [0.2, 0.25) is 0 Å². The Hall–Kier alpha value is -0.600. The normalized spacial score (nSPS) is 27.5. The van der Waals surface area contributed by atoms with Crippen LogP contribution in [0.1, 0.15) is 51.0 Å². The van der Waals surface area contributed by atoms with Crippen LogP contribution in [0.2, 0.25) is 5.02 Å². The molecule has 0 heterocycles. The zero-order chi connectivity index (χ0) is 13.9. The Kier molecular flexibility index (Phi) is 4.86. The lowest BCUT2D eigenvalue weighted by atomic mass is 9.73. The lowest BCUT2D eigenvalue weighted by molar-refractivity contribution is 0.223. The molecule has 1 fully saturated rings. The Bertz CT molecular complexity index is 425. The number of hydrogen-bond acceptors (Lipinski definition) is 1. The molecular weight excluding hydrogens is 261 g/mol. The summed E-state index contributed by atoms with van der Waals surface area (Å²) in [5.41, 5.74) is 7.28. The lowest BCUT2D eigenvalue weighted by Crippen LogP contribution is -2.45. The maximum Gasteiger partial charge on any atom is 0.142 e. The summed E-state index contributed by atoms with van der Waals surface area (Å²) in [5.74, 6) is 0.492. The van der Waals surface area contributed by atoms with Gasteiger partial charge in [-0.05, 0) is 55.7 Å². The molecule has 0 aromatic heterocycles. The van der Waals surface area contributed by atoms with Crippen LogP contribution < -0.4 is 5.73 Å². The number of rotatable bonds is 4. The molecule has 1 aromatic rings. The first kappa shape index (κ1) is 14.8. The number of benzene rings is 1. The monoisotopic (exact) mass is 283 g/mol. The van der Waals surface area contributed by atoms with Crippen LogP contribution >= 0.6 is 11.6 Å². The van der Waals surface area contributed by atoms with Crippen molar-refractivity contribution in [3.05, 3.63) is 34.6 Å². The predicted octanol–water partition coefficient (Wildman–Crippen LogP) is 4.71. The second-order valence-electron chi connectivity index (χ2n) is 6.02. The SMILES string of the molecule is CCCC1CCC(N)(Cc2ccc(Cl)c(F)c2)CC1. The fraction of sp³-hybridized carbons (Fsp3) is 0.625. The van der Waals surface area contributed by atoms with Crippen molar-refractivity contribution in [1.29, 1.82) is 0 Å². The van der Waals surface area contributed by atoms with Gasteiger partial charge in [0.15, 0.2) is 0 Å². The maximum atomic E-state index is 13.4. The average molecular weight is 284 g/mol. The van der Waals surface area contributed by atoms with Crippen molar-refractivity contribution in [3.63, 3.8) is 0 Å². The van der Waals surface area contributed by atoms with E-state index in [1.165, 1.54) is 31.7 Å².